The molecule has 1 aromatic heterocycles. The number of aromatic nitrogens is 2. The van der Waals surface area contributed by atoms with Crippen LogP contribution in [0.4, 0.5) is 0 Å². The second-order valence-electron chi connectivity index (χ2n) is 4.79. The van der Waals surface area contributed by atoms with E-state index < -0.39 is 5.60 Å². The highest BCUT2D eigenvalue weighted by atomic mass is 16.5. The molecule has 1 rings (SSSR count). The maximum atomic E-state index is 5.31. The van der Waals surface area contributed by atoms with Gasteiger partial charge in [0.05, 0.1) is 0 Å². The Morgan fingerprint density at radius 1 is 1.47 bits per heavy atom. The van der Waals surface area contributed by atoms with Crippen molar-refractivity contribution in [3.05, 3.63) is 11.7 Å². The second kappa shape index (κ2) is 6.12. The van der Waals surface area contributed by atoms with E-state index in [1.165, 1.54) is 0 Å². The van der Waals surface area contributed by atoms with E-state index in [0.717, 1.165) is 19.4 Å². The Morgan fingerprint density at radius 2 is 2.18 bits per heavy atom. The van der Waals surface area contributed by atoms with Gasteiger partial charge in [0.1, 0.15) is 5.60 Å². The number of ether oxygens (including phenoxy) is 1. The van der Waals surface area contributed by atoms with E-state index in [2.05, 4.69) is 29.3 Å². The predicted molar refractivity (Wildman–Crippen MR) is 65.8 cm³/mol. The molecule has 1 heterocycles. The van der Waals surface area contributed by atoms with E-state index in [0.29, 0.717) is 17.8 Å². The van der Waals surface area contributed by atoms with Gasteiger partial charge in [-0.2, -0.15) is 4.98 Å². The first kappa shape index (κ1) is 14.1. The molecule has 98 valence electrons. The van der Waals surface area contributed by atoms with Crippen LogP contribution in [0.1, 0.15) is 45.8 Å². The molecular formula is C12H23N3O2. The summed E-state index contributed by atoms with van der Waals surface area (Å²) in [6.45, 7) is 9.10. The van der Waals surface area contributed by atoms with Crippen LogP contribution in [-0.4, -0.2) is 29.8 Å². The quantitative estimate of drug-likeness (QED) is 0.789. The molecule has 1 N–H and O–H groups in total. The fourth-order valence-electron chi connectivity index (χ4n) is 1.40. The largest absolute Gasteiger partial charge is 0.371 e. The van der Waals surface area contributed by atoms with E-state index in [4.69, 9.17) is 9.26 Å². The summed E-state index contributed by atoms with van der Waals surface area (Å²) in [4.78, 5) is 4.36. The number of methoxy groups -OCH3 is 1. The minimum atomic E-state index is -0.498. The number of rotatable bonds is 7. The molecule has 0 aliphatic heterocycles. The monoisotopic (exact) mass is 241 g/mol. The van der Waals surface area contributed by atoms with Crippen molar-refractivity contribution < 1.29 is 9.26 Å². The zero-order valence-corrected chi connectivity index (χ0v) is 11.4. The van der Waals surface area contributed by atoms with Gasteiger partial charge in [-0.15, -0.1) is 0 Å². The molecule has 0 saturated heterocycles. The summed E-state index contributed by atoms with van der Waals surface area (Å²) in [5.41, 5.74) is -0.498. The van der Waals surface area contributed by atoms with E-state index in [1.54, 1.807) is 7.11 Å². The topological polar surface area (TPSA) is 60.2 Å². The van der Waals surface area contributed by atoms with Gasteiger partial charge >= 0.3 is 0 Å². The van der Waals surface area contributed by atoms with Gasteiger partial charge in [0, 0.05) is 19.6 Å². The SMILES string of the molecule is CCCNC(C)Cc1nc(C(C)(C)OC)no1. The van der Waals surface area contributed by atoms with Crippen molar-refractivity contribution in [2.45, 2.75) is 52.2 Å². The van der Waals surface area contributed by atoms with E-state index in [9.17, 15) is 0 Å². The van der Waals surface area contributed by atoms with Crippen LogP contribution in [0.3, 0.4) is 0 Å². The number of nitrogens with one attached hydrogen (secondary N) is 1. The molecule has 1 atom stereocenters. The van der Waals surface area contributed by atoms with Crippen LogP contribution in [-0.2, 0) is 16.8 Å². The summed E-state index contributed by atoms with van der Waals surface area (Å²) in [5.74, 6) is 1.25. The Morgan fingerprint density at radius 3 is 2.76 bits per heavy atom. The molecule has 0 radical (unpaired) electrons. The lowest BCUT2D eigenvalue weighted by Crippen LogP contribution is -2.28. The Labute approximate surface area is 103 Å². The molecule has 0 saturated carbocycles. The summed E-state index contributed by atoms with van der Waals surface area (Å²) in [6, 6.07) is 0.342. The summed E-state index contributed by atoms with van der Waals surface area (Å²) < 4.78 is 10.5. The number of nitrogens with zero attached hydrogens (tertiary/aromatic N) is 2. The standard InChI is InChI=1S/C12H23N3O2/c1-6-7-13-9(2)8-10-14-11(15-17-10)12(3,4)16-5/h9,13H,6-8H2,1-5H3. The molecule has 5 heteroatoms. The lowest BCUT2D eigenvalue weighted by Gasteiger charge is -2.17. The molecule has 0 amide bonds. The van der Waals surface area contributed by atoms with Crippen LogP contribution in [0, 0.1) is 0 Å². The van der Waals surface area contributed by atoms with Gasteiger partial charge in [0.25, 0.3) is 0 Å². The highest BCUT2D eigenvalue weighted by Crippen LogP contribution is 2.20. The molecule has 0 bridgehead atoms. The first-order valence-electron chi connectivity index (χ1n) is 6.11. The number of hydrogen-bond donors (Lipinski definition) is 1. The summed E-state index contributed by atoms with van der Waals surface area (Å²) in [6.07, 6.45) is 1.86. The van der Waals surface area contributed by atoms with Crippen molar-refractivity contribution >= 4 is 0 Å². The normalized spacial score (nSPS) is 13.9. The second-order valence-corrected chi connectivity index (χ2v) is 4.79. The molecule has 0 fully saturated rings. The Bertz CT molecular complexity index is 336. The zero-order valence-electron chi connectivity index (χ0n) is 11.4. The average molecular weight is 241 g/mol. The molecule has 1 aromatic rings. The van der Waals surface area contributed by atoms with Gasteiger partial charge in [-0.25, -0.2) is 0 Å². The molecule has 1 unspecified atom stereocenters. The van der Waals surface area contributed by atoms with Crippen LogP contribution in [0.2, 0.25) is 0 Å². The van der Waals surface area contributed by atoms with E-state index >= 15 is 0 Å². The van der Waals surface area contributed by atoms with Gasteiger partial charge in [-0.3, -0.25) is 0 Å². The average Bonchev–Trinajstić information content (AvgIpc) is 2.75. The third-order valence-corrected chi connectivity index (χ3v) is 2.74. The van der Waals surface area contributed by atoms with Crippen LogP contribution in [0.25, 0.3) is 0 Å². The van der Waals surface area contributed by atoms with Gasteiger partial charge in [0.15, 0.2) is 0 Å². The van der Waals surface area contributed by atoms with Crippen LogP contribution >= 0.6 is 0 Å². The lowest BCUT2D eigenvalue weighted by molar-refractivity contribution is 0.00973. The molecule has 0 aromatic carbocycles. The van der Waals surface area contributed by atoms with Crippen LogP contribution < -0.4 is 5.32 Å². The van der Waals surface area contributed by atoms with Crippen LogP contribution in [0.5, 0.6) is 0 Å². The molecular weight excluding hydrogens is 218 g/mol. The van der Waals surface area contributed by atoms with Gasteiger partial charge < -0.3 is 14.6 Å². The van der Waals surface area contributed by atoms with Crippen molar-refractivity contribution in [3.63, 3.8) is 0 Å². The maximum absolute atomic E-state index is 5.31. The smallest absolute Gasteiger partial charge is 0.228 e. The van der Waals surface area contributed by atoms with E-state index in [-0.39, 0.29) is 0 Å². The van der Waals surface area contributed by atoms with Crippen molar-refractivity contribution in [2.24, 2.45) is 0 Å². The predicted octanol–water partition coefficient (Wildman–Crippen LogP) is 1.88. The Balaban J connectivity index is 2.57. The minimum absolute atomic E-state index is 0.342. The zero-order chi connectivity index (χ0) is 12.9. The first-order valence-corrected chi connectivity index (χ1v) is 6.11. The van der Waals surface area contributed by atoms with Gasteiger partial charge in [-0.05, 0) is 33.7 Å². The van der Waals surface area contributed by atoms with E-state index in [1.807, 2.05) is 13.8 Å². The third-order valence-electron chi connectivity index (χ3n) is 2.74. The highest BCUT2D eigenvalue weighted by molar-refractivity contribution is 4.98. The Kier molecular flexibility index (Phi) is 5.08. The molecule has 0 spiro atoms. The molecule has 17 heavy (non-hydrogen) atoms. The van der Waals surface area contributed by atoms with Crippen molar-refractivity contribution in [1.29, 1.82) is 0 Å². The van der Waals surface area contributed by atoms with Gasteiger partial charge in [-0.1, -0.05) is 12.1 Å². The highest BCUT2D eigenvalue weighted by Gasteiger charge is 2.26. The molecule has 0 aliphatic carbocycles. The van der Waals surface area contributed by atoms with Crippen molar-refractivity contribution in [3.8, 4) is 0 Å². The fraction of sp³-hybridized carbons (Fsp3) is 0.833. The fourth-order valence-corrected chi connectivity index (χ4v) is 1.40. The Hall–Kier alpha value is -0.940. The minimum Gasteiger partial charge on any atom is -0.371 e. The number of hydrogen-bond acceptors (Lipinski definition) is 5. The summed E-state index contributed by atoms with van der Waals surface area (Å²) >= 11 is 0. The van der Waals surface area contributed by atoms with Crippen LogP contribution in [0.15, 0.2) is 4.52 Å². The first-order chi connectivity index (χ1) is 7.99. The summed E-state index contributed by atoms with van der Waals surface area (Å²) in [7, 11) is 1.64. The summed E-state index contributed by atoms with van der Waals surface area (Å²) in [5, 5.41) is 7.34. The molecule has 5 nitrogen and oxygen atoms in total. The van der Waals surface area contributed by atoms with Gasteiger partial charge in [0.2, 0.25) is 11.7 Å². The third kappa shape index (κ3) is 4.09. The molecule has 0 aliphatic rings. The van der Waals surface area contributed by atoms with Crippen molar-refractivity contribution in [2.75, 3.05) is 13.7 Å². The van der Waals surface area contributed by atoms with Crippen molar-refractivity contribution in [1.82, 2.24) is 15.5 Å². The maximum Gasteiger partial charge on any atom is 0.228 e. The lowest BCUT2D eigenvalue weighted by atomic mass is 10.1.